The third kappa shape index (κ3) is 4.29. The van der Waals surface area contributed by atoms with Gasteiger partial charge in [0.25, 0.3) is 0 Å². The Morgan fingerprint density at radius 2 is 1.91 bits per heavy atom. The van der Waals surface area contributed by atoms with Crippen molar-refractivity contribution < 1.29 is 24.9 Å². The molecule has 0 heterocycles. The zero-order valence-electron chi connectivity index (χ0n) is 5.65. The number of carboxylic acids is 2. The summed E-state index contributed by atoms with van der Waals surface area (Å²) in [6.07, 6.45) is 0. The summed E-state index contributed by atoms with van der Waals surface area (Å²) >= 11 is 0. The number of aliphatic hydroxyl groups is 1. The minimum absolute atomic E-state index is 0.475. The highest BCUT2D eigenvalue weighted by Crippen LogP contribution is 1.80. The molecule has 1 atom stereocenters. The molecule has 0 aliphatic heterocycles. The van der Waals surface area contributed by atoms with E-state index in [-0.39, 0.29) is 0 Å². The predicted octanol–water partition coefficient (Wildman–Crippen LogP) is -1.89. The van der Waals surface area contributed by atoms with E-state index in [1.165, 1.54) is 0 Å². The molecule has 0 bridgehead atoms. The van der Waals surface area contributed by atoms with Crippen LogP contribution in [0, 0.1) is 0 Å². The maximum atomic E-state index is 10.1. The molecule has 0 spiro atoms. The first kappa shape index (κ1) is 9.86. The molecule has 0 amide bonds. The zero-order valence-corrected chi connectivity index (χ0v) is 5.65. The highest BCUT2D eigenvalue weighted by molar-refractivity contribution is 5.75. The number of carbonyl (C=O) groups is 2. The minimum atomic E-state index is -1.27. The Kier molecular flexibility index (Phi) is 4.16. The summed E-state index contributed by atoms with van der Waals surface area (Å²) in [7, 11) is 0. The Hall–Kier alpha value is -1.14. The van der Waals surface area contributed by atoms with E-state index in [4.69, 9.17) is 15.3 Å². The molecule has 0 rings (SSSR count). The highest BCUT2D eigenvalue weighted by atomic mass is 16.4. The fourth-order valence-electron chi connectivity index (χ4n) is 0.440. The molecule has 0 saturated heterocycles. The Bertz CT molecular complexity index is 157. The number of rotatable bonds is 5. The summed E-state index contributed by atoms with van der Waals surface area (Å²) in [5.41, 5.74) is 0. The molecule has 0 aliphatic carbocycles. The van der Waals surface area contributed by atoms with E-state index in [1.54, 1.807) is 0 Å². The van der Waals surface area contributed by atoms with Gasteiger partial charge in [0.1, 0.15) is 6.04 Å². The van der Waals surface area contributed by atoms with Gasteiger partial charge in [-0.15, -0.1) is 0 Å². The molecule has 64 valence electrons. The molecule has 1 unspecified atom stereocenters. The topological polar surface area (TPSA) is 107 Å². The molecule has 0 aromatic rings. The van der Waals surface area contributed by atoms with Crippen molar-refractivity contribution in [1.29, 1.82) is 0 Å². The standard InChI is InChI=1S/C5H9NO5/c7-2-3(5(10)11)6-1-4(8)9/h3,6-7H,1-2H2,(H,8,9)(H,10,11). The Morgan fingerprint density at radius 1 is 1.36 bits per heavy atom. The van der Waals surface area contributed by atoms with E-state index in [2.05, 4.69) is 5.32 Å². The van der Waals surface area contributed by atoms with Crippen molar-refractivity contribution in [2.75, 3.05) is 13.2 Å². The minimum Gasteiger partial charge on any atom is -0.480 e. The van der Waals surface area contributed by atoms with Gasteiger partial charge in [0.2, 0.25) is 0 Å². The van der Waals surface area contributed by atoms with Crippen molar-refractivity contribution in [3.05, 3.63) is 0 Å². The van der Waals surface area contributed by atoms with Crippen LogP contribution in [-0.4, -0.2) is 46.5 Å². The summed E-state index contributed by atoms with van der Waals surface area (Å²) in [6.45, 7) is -1.10. The summed E-state index contributed by atoms with van der Waals surface area (Å²) in [5, 5.41) is 26.9. The van der Waals surface area contributed by atoms with Crippen molar-refractivity contribution in [2.45, 2.75) is 6.04 Å². The number of hydrogen-bond acceptors (Lipinski definition) is 4. The molecule has 0 fully saturated rings. The van der Waals surface area contributed by atoms with E-state index in [1.807, 2.05) is 0 Å². The lowest BCUT2D eigenvalue weighted by atomic mass is 10.3. The molecule has 6 heteroatoms. The lowest BCUT2D eigenvalue weighted by Crippen LogP contribution is -2.42. The molecule has 0 aromatic heterocycles. The summed E-state index contributed by atoms with van der Waals surface area (Å²) in [5.74, 6) is -2.43. The van der Waals surface area contributed by atoms with Gasteiger partial charge in [0.15, 0.2) is 0 Å². The van der Waals surface area contributed by atoms with Crippen LogP contribution >= 0.6 is 0 Å². The van der Waals surface area contributed by atoms with Crippen LogP contribution in [0.5, 0.6) is 0 Å². The van der Waals surface area contributed by atoms with Gasteiger partial charge in [-0.3, -0.25) is 14.9 Å². The Balaban J connectivity index is 3.70. The van der Waals surface area contributed by atoms with Crippen LogP contribution in [0.2, 0.25) is 0 Å². The smallest absolute Gasteiger partial charge is 0.323 e. The predicted molar refractivity (Wildman–Crippen MR) is 34.1 cm³/mol. The van der Waals surface area contributed by atoms with Crippen LogP contribution < -0.4 is 5.32 Å². The monoisotopic (exact) mass is 163 g/mol. The third-order valence-electron chi connectivity index (χ3n) is 0.980. The summed E-state index contributed by atoms with van der Waals surface area (Å²) in [6, 6.07) is -1.20. The Morgan fingerprint density at radius 3 is 2.18 bits per heavy atom. The second kappa shape index (κ2) is 4.64. The van der Waals surface area contributed by atoms with Gasteiger partial charge in [0.05, 0.1) is 13.2 Å². The van der Waals surface area contributed by atoms with Gasteiger partial charge >= 0.3 is 11.9 Å². The largest absolute Gasteiger partial charge is 0.480 e. The maximum absolute atomic E-state index is 10.1. The SMILES string of the molecule is O=C(O)CNC(CO)C(=O)O. The van der Waals surface area contributed by atoms with Crippen molar-refractivity contribution in [3.63, 3.8) is 0 Å². The highest BCUT2D eigenvalue weighted by Gasteiger charge is 2.15. The molecule has 0 aromatic carbocycles. The summed E-state index contributed by atoms with van der Waals surface area (Å²) in [4.78, 5) is 20.0. The molecule has 0 aliphatic rings. The average molecular weight is 163 g/mol. The molecule has 4 N–H and O–H groups in total. The first-order chi connectivity index (χ1) is 5.07. The fourth-order valence-corrected chi connectivity index (χ4v) is 0.440. The van der Waals surface area contributed by atoms with Crippen molar-refractivity contribution in [1.82, 2.24) is 5.32 Å². The van der Waals surface area contributed by atoms with Crippen LogP contribution in [0.3, 0.4) is 0 Å². The molecular weight excluding hydrogens is 154 g/mol. The van der Waals surface area contributed by atoms with Crippen LogP contribution in [0.1, 0.15) is 0 Å². The quantitative estimate of drug-likeness (QED) is 0.377. The third-order valence-corrected chi connectivity index (χ3v) is 0.980. The fraction of sp³-hybridized carbons (Fsp3) is 0.600. The van der Waals surface area contributed by atoms with E-state index in [9.17, 15) is 9.59 Å². The van der Waals surface area contributed by atoms with Gasteiger partial charge in [-0.2, -0.15) is 0 Å². The normalized spacial score (nSPS) is 12.5. The van der Waals surface area contributed by atoms with Crippen molar-refractivity contribution >= 4 is 11.9 Å². The van der Waals surface area contributed by atoms with Crippen molar-refractivity contribution in [2.24, 2.45) is 0 Å². The van der Waals surface area contributed by atoms with Gasteiger partial charge in [-0.05, 0) is 0 Å². The number of nitrogens with one attached hydrogen (secondary N) is 1. The average Bonchev–Trinajstić information content (AvgIpc) is 1.87. The van der Waals surface area contributed by atoms with Crippen LogP contribution in [-0.2, 0) is 9.59 Å². The number of carboxylic acid groups (broad SMARTS) is 2. The molecular formula is C5H9NO5. The second-order valence-corrected chi connectivity index (χ2v) is 1.85. The molecule has 0 saturated carbocycles. The Labute approximate surface area is 62.5 Å². The number of aliphatic carboxylic acids is 2. The maximum Gasteiger partial charge on any atom is 0.323 e. The van der Waals surface area contributed by atoms with E-state index < -0.39 is 31.1 Å². The lowest BCUT2D eigenvalue weighted by molar-refractivity contribution is -0.141. The van der Waals surface area contributed by atoms with Crippen LogP contribution in [0.15, 0.2) is 0 Å². The molecule has 11 heavy (non-hydrogen) atoms. The van der Waals surface area contributed by atoms with E-state index in [0.29, 0.717) is 0 Å². The van der Waals surface area contributed by atoms with Gasteiger partial charge < -0.3 is 15.3 Å². The number of hydrogen-bond donors (Lipinski definition) is 4. The lowest BCUT2D eigenvalue weighted by Gasteiger charge is -2.08. The first-order valence-corrected chi connectivity index (χ1v) is 2.86. The van der Waals surface area contributed by atoms with E-state index >= 15 is 0 Å². The van der Waals surface area contributed by atoms with Crippen LogP contribution in [0.4, 0.5) is 0 Å². The van der Waals surface area contributed by atoms with Crippen molar-refractivity contribution in [3.8, 4) is 0 Å². The van der Waals surface area contributed by atoms with E-state index in [0.717, 1.165) is 0 Å². The van der Waals surface area contributed by atoms with Crippen LogP contribution in [0.25, 0.3) is 0 Å². The zero-order chi connectivity index (χ0) is 8.85. The van der Waals surface area contributed by atoms with Gasteiger partial charge in [0, 0.05) is 0 Å². The first-order valence-electron chi connectivity index (χ1n) is 2.86. The van der Waals surface area contributed by atoms with Gasteiger partial charge in [-0.25, -0.2) is 0 Å². The molecule has 0 radical (unpaired) electrons. The number of aliphatic hydroxyl groups excluding tert-OH is 1. The van der Waals surface area contributed by atoms with Gasteiger partial charge in [-0.1, -0.05) is 0 Å². The molecule has 6 nitrogen and oxygen atoms in total. The second-order valence-electron chi connectivity index (χ2n) is 1.85. The summed E-state index contributed by atoms with van der Waals surface area (Å²) < 4.78 is 0.